The van der Waals surface area contributed by atoms with Crippen molar-refractivity contribution in [2.45, 2.75) is 13.3 Å². The largest absolute Gasteiger partial charge is 0.244 e. The topological polar surface area (TPSA) is 25.8 Å². The minimum absolute atomic E-state index is 0.495. The molecule has 1 aromatic heterocycles. The van der Waals surface area contributed by atoms with Crippen LogP contribution in [0.5, 0.6) is 0 Å². The molecule has 0 spiro atoms. The molecule has 0 saturated heterocycles. The summed E-state index contributed by atoms with van der Waals surface area (Å²) >= 11 is 5.98. The lowest BCUT2D eigenvalue weighted by atomic mass is 10.1. The molecule has 0 aliphatic rings. The minimum atomic E-state index is 0.495. The molecular formula is C12H11ClN2. The van der Waals surface area contributed by atoms with Crippen LogP contribution in [0.1, 0.15) is 12.5 Å². The number of aryl methyl sites for hydroxylation is 1. The first-order valence-electron chi connectivity index (χ1n) is 4.86. The molecule has 0 amide bonds. The van der Waals surface area contributed by atoms with Gasteiger partial charge in [0.2, 0.25) is 0 Å². The Balaban J connectivity index is 2.42. The van der Waals surface area contributed by atoms with E-state index in [1.165, 1.54) is 11.9 Å². The summed E-state index contributed by atoms with van der Waals surface area (Å²) in [5.74, 6) is 0. The van der Waals surface area contributed by atoms with Crippen molar-refractivity contribution in [3.63, 3.8) is 0 Å². The number of rotatable bonds is 2. The van der Waals surface area contributed by atoms with Gasteiger partial charge in [-0.05, 0) is 17.5 Å². The lowest BCUT2D eigenvalue weighted by Crippen LogP contribution is -1.86. The highest BCUT2D eigenvalue weighted by Gasteiger charge is 2.03. The van der Waals surface area contributed by atoms with E-state index in [1.807, 2.05) is 12.1 Å². The van der Waals surface area contributed by atoms with Crippen molar-refractivity contribution in [3.05, 3.63) is 47.5 Å². The van der Waals surface area contributed by atoms with Gasteiger partial charge < -0.3 is 0 Å². The Morgan fingerprint density at radius 1 is 1.20 bits per heavy atom. The van der Waals surface area contributed by atoms with E-state index < -0.39 is 0 Å². The van der Waals surface area contributed by atoms with E-state index in [1.54, 1.807) is 6.20 Å². The molecule has 2 aromatic rings. The van der Waals surface area contributed by atoms with Gasteiger partial charge >= 0.3 is 0 Å². The second kappa shape index (κ2) is 4.41. The number of hydrogen-bond acceptors (Lipinski definition) is 2. The van der Waals surface area contributed by atoms with Gasteiger partial charge in [-0.2, -0.15) is 0 Å². The van der Waals surface area contributed by atoms with Crippen molar-refractivity contribution >= 4 is 11.6 Å². The molecule has 0 unspecified atom stereocenters. The highest BCUT2D eigenvalue weighted by molar-refractivity contribution is 6.32. The fourth-order valence-electron chi connectivity index (χ4n) is 1.43. The van der Waals surface area contributed by atoms with E-state index in [0.29, 0.717) is 5.15 Å². The second-order valence-electron chi connectivity index (χ2n) is 3.28. The molecule has 3 heteroatoms. The first kappa shape index (κ1) is 10.1. The molecule has 2 rings (SSSR count). The van der Waals surface area contributed by atoms with E-state index in [0.717, 1.165) is 17.5 Å². The average Bonchev–Trinajstić information content (AvgIpc) is 2.30. The van der Waals surface area contributed by atoms with Gasteiger partial charge in [0.25, 0.3) is 0 Å². The van der Waals surface area contributed by atoms with E-state index in [2.05, 4.69) is 29.0 Å². The summed E-state index contributed by atoms with van der Waals surface area (Å²) in [5, 5.41) is 0.495. The van der Waals surface area contributed by atoms with Crippen LogP contribution >= 0.6 is 11.6 Å². The van der Waals surface area contributed by atoms with Gasteiger partial charge in [0.1, 0.15) is 11.5 Å². The van der Waals surface area contributed by atoms with Crippen LogP contribution in [-0.2, 0) is 6.42 Å². The van der Waals surface area contributed by atoms with Crippen molar-refractivity contribution in [1.29, 1.82) is 0 Å². The third-order valence-electron chi connectivity index (χ3n) is 2.34. The van der Waals surface area contributed by atoms with E-state index >= 15 is 0 Å². The molecule has 1 aromatic carbocycles. The molecule has 0 fully saturated rings. The first-order chi connectivity index (χ1) is 7.31. The quantitative estimate of drug-likeness (QED) is 0.723. The molecule has 15 heavy (non-hydrogen) atoms. The lowest BCUT2D eigenvalue weighted by Gasteiger charge is -2.03. The second-order valence-corrected chi connectivity index (χ2v) is 3.64. The Bertz CT molecular complexity index is 451. The summed E-state index contributed by atoms with van der Waals surface area (Å²) in [4.78, 5) is 7.92. The summed E-state index contributed by atoms with van der Waals surface area (Å²) in [7, 11) is 0. The standard InChI is InChI=1S/C12H11ClN2/c1-2-9-3-5-10(6-4-9)11-7-14-8-15-12(11)13/h3-8H,2H2,1H3. The van der Waals surface area contributed by atoms with Crippen molar-refractivity contribution < 1.29 is 0 Å². The van der Waals surface area contributed by atoms with E-state index in [9.17, 15) is 0 Å². The highest BCUT2D eigenvalue weighted by atomic mass is 35.5. The van der Waals surface area contributed by atoms with Gasteiger partial charge in [-0.1, -0.05) is 42.8 Å². The van der Waals surface area contributed by atoms with Gasteiger partial charge in [-0.3, -0.25) is 0 Å². The molecule has 0 N–H and O–H groups in total. The molecular weight excluding hydrogens is 208 g/mol. The lowest BCUT2D eigenvalue weighted by molar-refractivity contribution is 1.14. The maximum absolute atomic E-state index is 5.98. The fraction of sp³-hybridized carbons (Fsp3) is 0.167. The van der Waals surface area contributed by atoms with Crippen molar-refractivity contribution in [1.82, 2.24) is 9.97 Å². The third kappa shape index (κ3) is 2.16. The molecule has 1 heterocycles. The SMILES string of the molecule is CCc1ccc(-c2cncnc2Cl)cc1. The zero-order chi connectivity index (χ0) is 10.7. The molecule has 0 aliphatic heterocycles. The third-order valence-corrected chi connectivity index (χ3v) is 2.64. The normalized spacial score (nSPS) is 10.3. The molecule has 0 saturated carbocycles. The molecule has 0 atom stereocenters. The zero-order valence-electron chi connectivity index (χ0n) is 8.44. The summed E-state index contributed by atoms with van der Waals surface area (Å²) in [6.07, 6.45) is 4.22. The van der Waals surface area contributed by atoms with Crippen LogP contribution in [0.2, 0.25) is 5.15 Å². The predicted molar refractivity (Wildman–Crippen MR) is 61.9 cm³/mol. The predicted octanol–water partition coefficient (Wildman–Crippen LogP) is 3.36. The monoisotopic (exact) mass is 218 g/mol. The van der Waals surface area contributed by atoms with Gasteiger partial charge in [-0.15, -0.1) is 0 Å². The van der Waals surface area contributed by atoms with Gasteiger partial charge in [0.15, 0.2) is 0 Å². The Kier molecular flexibility index (Phi) is 2.97. The summed E-state index contributed by atoms with van der Waals surface area (Å²) in [6, 6.07) is 8.28. The molecule has 2 nitrogen and oxygen atoms in total. The highest BCUT2D eigenvalue weighted by Crippen LogP contribution is 2.24. The Hall–Kier alpha value is -1.41. The maximum atomic E-state index is 5.98. The molecule has 0 aliphatic carbocycles. The van der Waals surface area contributed by atoms with E-state index in [4.69, 9.17) is 11.6 Å². The number of nitrogens with zero attached hydrogens (tertiary/aromatic N) is 2. The van der Waals surface area contributed by atoms with Gasteiger partial charge in [-0.25, -0.2) is 9.97 Å². The molecule has 76 valence electrons. The number of benzene rings is 1. The van der Waals surface area contributed by atoms with Crippen molar-refractivity contribution in [2.75, 3.05) is 0 Å². The van der Waals surface area contributed by atoms with Crippen LogP contribution in [0.3, 0.4) is 0 Å². The molecule has 0 bridgehead atoms. The number of aromatic nitrogens is 2. The number of hydrogen-bond donors (Lipinski definition) is 0. The van der Waals surface area contributed by atoms with Gasteiger partial charge in [0, 0.05) is 11.8 Å². The Morgan fingerprint density at radius 3 is 2.53 bits per heavy atom. The molecule has 0 radical (unpaired) electrons. The van der Waals surface area contributed by atoms with Crippen LogP contribution < -0.4 is 0 Å². The van der Waals surface area contributed by atoms with Crippen LogP contribution in [-0.4, -0.2) is 9.97 Å². The summed E-state index contributed by atoms with van der Waals surface area (Å²) < 4.78 is 0. The number of halogens is 1. The van der Waals surface area contributed by atoms with Crippen LogP contribution in [0, 0.1) is 0 Å². The smallest absolute Gasteiger partial charge is 0.140 e. The Labute approximate surface area is 94.0 Å². The van der Waals surface area contributed by atoms with Crippen LogP contribution in [0.4, 0.5) is 0 Å². The Morgan fingerprint density at radius 2 is 1.93 bits per heavy atom. The summed E-state index contributed by atoms with van der Waals surface area (Å²) in [5.41, 5.74) is 3.24. The summed E-state index contributed by atoms with van der Waals surface area (Å²) in [6.45, 7) is 2.13. The fourth-order valence-corrected chi connectivity index (χ4v) is 1.63. The van der Waals surface area contributed by atoms with E-state index in [-0.39, 0.29) is 0 Å². The maximum Gasteiger partial charge on any atom is 0.140 e. The van der Waals surface area contributed by atoms with Gasteiger partial charge in [0.05, 0.1) is 0 Å². The van der Waals surface area contributed by atoms with Crippen molar-refractivity contribution in [2.24, 2.45) is 0 Å². The van der Waals surface area contributed by atoms with Crippen LogP contribution in [0.25, 0.3) is 11.1 Å². The van der Waals surface area contributed by atoms with Crippen LogP contribution in [0.15, 0.2) is 36.8 Å². The van der Waals surface area contributed by atoms with Crippen molar-refractivity contribution in [3.8, 4) is 11.1 Å². The zero-order valence-corrected chi connectivity index (χ0v) is 9.20. The average molecular weight is 219 g/mol. The first-order valence-corrected chi connectivity index (χ1v) is 5.24. The minimum Gasteiger partial charge on any atom is -0.244 e.